The Hall–Kier alpha value is -1.40. The molecule has 2 rings (SSSR count). The van der Waals surface area contributed by atoms with Crippen LogP contribution in [0.25, 0.3) is 0 Å². The molecule has 1 atom stereocenters. The maximum atomic E-state index is 12.6. The van der Waals surface area contributed by atoms with Gasteiger partial charge < -0.3 is 20.3 Å². The minimum Gasteiger partial charge on any atom is -0.395 e. The lowest BCUT2D eigenvalue weighted by atomic mass is 10.1. The first kappa shape index (κ1) is 10.1. The molecule has 82 valence electrons. The van der Waals surface area contributed by atoms with Gasteiger partial charge in [-0.25, -0.2) is 0 Å². The van der Waals surface area contributed by atoms with E-state index in [0.29, 0.717) is 5.56 Å². The molecule has 6 heteroatoms. The normalized spacial score (nSPS) is 18.9. The molecule has 3 N–H and O–H groups in total. The van der Waals surface area contributed by atoms with E-state index >= 15 is 0 Å². The maximum Gasteiger partial charge on any atom is 0.586 e. The third kappa shape index (κ3) is 1.86. The quantitative estimate of drug-likeness (QED) is 0.775. The second kappa shape index (κ2) is 3.32. The highest BCUT2D eigenvalue weighted by atomic mass is 19.3. The molecule has 0 saturated heterocycles. The van der Waals surface area contributed by atoms with E-state index in [1.807, 2.05) is 0 Å². The number of aliphatic hydroxyl groups excluding tert-OH is 1. The Morgan fingerprint density at radius 1 is 1.33 bits per heavy atom. The summed E-state index contributed by atoms with van der Waals surface area (Å²) in [4.78, 5) is 0. The molecule has 0 fully saturated rings. The number of fused-ring (bicyclic) bond motifs is 1. The van der Waals surface area contributed by atoms with Gasteiger partial charge in [0.25, 0.3) is 0 Å². The highest BCUT2D eigenvalue weighted by molar-refractivity contribution is 5.45. The molecule has 1 aliphatic rings. The van der Waals surface area contributed by atoms with E-state index in [9.17, 15) is 8.78 Å². The van der Waals surface area contributed by atoms with Gasteiger partial charge in [-0.05, 0) is 17.7 Å². The van der Waals surface area contributed by atoms with Crippen molar-refractivity contribution in [1.82, 2.24) is 0 Å². The fraction of sp³-hybridized carbons (Fsp3) is 0.333. The van der Waals surface area contributed by atoms with E-state index in [0.717, 1.165) is 0 Å². The molecule has 0 aromatic heterocycles. The van der Waals surface area contributed by atoms with Crippen LogP contribution in [-0.4, -0.2) is 18.0 Å². The van der Waals surface area contributed by atoms with Crippen molar-refractivity contribution in [3.63, 3.8) is 0 Å². The molecule has 1 aromatic rings. The molecule has 0 unspecified atom stereocenters. The van der Waals surface area contributed by atoms with Crippen LogP contribution in [0.1, 0.15) is 11.6 Å². The van der Waals surface area contributed by atoms with Gasteiger partial charge in [-0.2, -0.15) is 0 Å². The number of alkyl halides is 2. The van der Waals surface area contributed by atoms with E-state index in [-0.39, 0.29) is 18.1 Å². The van der Waals surface area contributed by atoms with Crippen molar-refractivity contribution in [2.24, 2.45) is 5.73 Å². The van der Waals surface area contributed by atoms with Crippen LogP contribution in [0.4, 0.5) is 8.78 Å². The van der Waals surface area contributed by atoms with Crippen LogP contribution in [0.15, 0.2) is 18.2 Å². The van der Waals surface area contributed by atoms with Gasteiger partial charge in [-0.3, -0.25) is 0 Å². The first-order valence-corrected chi connectivity index (χ1v) is 4.28. The van der Waals surface area contributed by atoms with Gasteiger partial charge in [0.1, 0.15) is 0 Å². The average molecular weight is 217 g/mol. The van der Waals surface area contributed by atoms with Gasteiger partial charge in [0.15, 0.2) is 11.5 Å². The number of hydrogen-bond donors (Lipinski definition) is 2. The topological polar surface area (TPSA) is 64.7 Å². The smallest absolute Gasteiger partial charge is 0.395 e. The molecular formula is C9H9F2NO3. The number of rotatable bonds is 2. The van der Waals surface area contributed by atoms with Crippen LogP contribution >= 0.6 is 0 Å². The molecule has 0 spiro atoms. The SMILES string of the molecule is N[C@H](CO)c1ccc2c(c1)OC(F)(F)O2. The first-order chi connectivity index (χ1) is 7.02. The zero-order valence-corrected chi connectivity index (χ0v) is 7.61. The summed E-state index contributed by atoms with van der Waals surface area (Å²) < 4.78 is 33.7. The lowest BCUT2D eigenvalue weighted by Crippen LogP contribution is -2.25. The lowest BCUT2D eigenvalue weighted by molar-refractivity contribution is -0.286. The summed E-state index contributed by atoms with van der Waals surface area (Å²) >= 11 is 0. The first-order valence-electron chi connectivity index (χ1n) is 4.28. The van der Waals surface area contributed by atoms with Gasteiger partial charge >= 0.3 is 6.29 Å². The number of hydrogen-bond acceptors (Lipinski definition) is 4. The van der Waals surface area contributed by atoms with Gasteiger partial charge in [-0.15, -0.1) is 8.78 Å². The number of benzene rings is 1. The minimum absolute atomic E-state index is 0.0334. The molecule has 0 amide bonds. The number of halogens is 2. The highest BCUT2D eigenvalue weighted by Crippen LogP contribution is 2.41. The summed E-state index contributed by atoms with van der Waals surface area (Å²) in [7, 11) is 0. The van der Waals surface area contributed by atoms with Gasteiger partial charge in [0.2, 0.25) is 0 Å². The molecule has 1 aromatic carbocycles. The van der Waals surface area contributed by atoms with Crippen LogP contribution in [0.5, 0.6) is 11.5 Å². The number of aliphatic hydroxyl groups is 1. The zero-order valence-electron chi connectivity index (χ0n) is 7.61. The van der Waals surface area contributed by atoms with Crippen molar-refractivity contribution in [2.45, 2.75) is 12.3 Å². The van der Waals surface area contributed by atoms with E-state index in [4.69, 9.17) is 10.8 Å². The van der Waals surface area contributed by atoms with Crippen molar-refractivity contribution in [1.29, 1.82) is 0 Å². The standard InChI is InChI=1S/C9H9F2NO3/c10-9(11)14-7-2-1-5(6(12)4-13)3-8(7)15-9/h1-3,6,13H,4,12H2/t6-/m1/s1. The van der Waals surface area contributed by atoms with Crippen LogP contribution in [-0.2, 0) is 0 Å². The van der Waals surface area contributed by atoms with Gasteiger partial charge in [0, 0.05) is 0 Å². The Morgan fingerprint density at radius 3 is 2.67 bits per heavy atom. The van der Waals surface area contributed by atoms with Crippen molar-refractivity contribution in [3.8, 4) is 11.5 Å². The van der Waals surface area contributed by atoms with Crippen LogP contribution in [0.2, 0.25) is 0 Å². The molecular weight excluding hydrogens is 208 g/mol. The summed E-state index contributed by atoms with van der Waals surface area (Å²) in [6.45, 7) is -0.268. The Bertz CT molecular complexity index is 384. The Morgan fingerprint density at radius 2 is 2.00 bits per heavy atom. The number of ether oxygens (including phenoxy) is 2. The monoisotopic (exact) mass is 217 g/mol. The van der Waals surface area contributed by atoms with Crippen molar-refractivity contribution >= 4 is 0 Å². The summed E-state index contributed by atoms with van der Waals surface area (Å²) in [5, 5.41) is 8.79. The zero-order chi connectivity index (χ0) is 11.1. The van der Waals surface area contributed by atoms with Crippen LogP contribution < -0.4 is 15.2 Å². The molecule has 1 heterocycles. The predicted molar refractivity (Wildman–Crippen MR) is 46.7 cm³/mol. The van der Waals surface area contributed by atoms with E-state index < -0.39 is 12.3 Å². The Kier molecular flexibility index (Phi) is 2.24. The van der Waals surface area contributed by atoms with E-state index in [2.05, 4.69) is 9.47 Å². The Balaban J connectivity index is 2.30. The van der Waals surface area contributed by atoms with E-state index in [1.165, 1.54) is 18.2 Å². The third-order valence-corrected chi connectivity index (χ3v) is 2.05. The summed E-state index contributed by atoms with van der Waals surface area (Å²) in [5.74, 6) is -0.102. The maximum absolute atomic E-state index is 12.6. The summed E-state index contributed by atoms with van der Waals surface area (Å²) in [5.41, 5.74) is 6.03. The van der Waals surface area contributed by atoms with E-state index in [1.54, 1.807) is 0 Å². The van der Waals surface area contributed by atoms with Crippen molar-refractivity contribution < 1.29 is 23.4 Å². The molecule has 0 saturated carbocycles. The molecule has 4 nitrogen and oxygen atoms in total. The fourth-order valence-corrected chi connectivity index (χ4v) is 1.30. The molecule has 0 aliphatic carbocycles. The molecule has 0 radical (unpaired) electrons. The number of nitrogens with two attached hydrogens (primary N) is 1. The summed E-state index contributed by atoms with van der Waals surface area (Å²) in [6.07, 6.45) is -3.62. The lowest BCUT2D eigenvalue weighted by Gasteiger charge is -2.08. The van der Waals surface area contributed by atoms with Crippen LogP contribution in [0, 0.1) is 0 Å². The predicted octanol–water partition coefficient (Wildman–Crippen LogP) is 1.00. The molecule has 0 bridgehead atoms. The third-order valence-electron chi connectivity index (χ3n) is 2.05. The largest absolute Gasteiger partial charge is 0.586 e. The van der Waals surface area contributed by atoms with Crippen molar-refractivity contribution in [2.75, 3.05) is 6.61 Å². The van der Waals surface area contributed by atoms with Gasteiger partial charge in [0.05, 0.1) is 12.6 Å². The summed E-state index contributed by atoms with van der Waals surface area (Å²) in [6, 6.07) is 3.55. The Labute approximate surface area is 84.2 Å². The molecule has 1 aliphatic heterocycles. The molecule has 15 heavy (non-hydrogen) atoms. The van der Waals surface area contributed by atoms with Gasteiger partial charge in [-0.1, -0.05) is 6.07 Å². The second-order valence-electron chi connectivity index (χ2n) is 3.16. The second-order valence-corrected chi connectivity index (χ2v) is 3.16. The minimum atomic E-state index is -3.62. The average Bonchev–Trinajstić information content (AvgIpc) is 2.49. The van der Waals surface area contributed by atoms with Crippen LogP contribution in [0.3, 0.4) is 0 Å². The highest BCUT2D eigenvalue weighted by Gasteiger charge is 2.43. The van der Waals surface area contributed by atoms with Crippen molar-refractivity contribution in [3.05, 3.63) is 23.8 Å². The fourth-order valence-electron chi connectivity index (χ4n) is 1.30.